The lowest BCUT2D eigenvalue weighted by atomic mass is 9.95. The Bertz CT molecular complexity index is 1760. The molecule has 0 bridgehead atoms. The van der Waals surface area contributed by atoms with E-state index in [4.69, 9.17) is 0 Å². The van der Waals surface area contributed by atoms with Crippen molar-refractivity contribution in [3.05, 3.63) is 42.2 Å². The summed E-state index contributed by atoms with van der Waals surface area (Å²) >= 11 is 0. The molecule has 0 spiro atoms. The maximum Gasteiger partial charge on any atom is 0.499 e. The summed E-state index contributed by atoms with van der Waals surface area (Å²) in [4.78, 5) is 12.4. The molecule has 5 rings (SSSR count). The number of imidazole rings is 1. The number of alkyl halides is 5. The van der Waals surface area contributed by atoms with Crippen LogP contribution in [0.15, 0.2) is 41.6 Å². The Morgan fingerprint density at radius 2 is 1.84 bits per heavy atom. The molecule has 38 heavy (non-hydrogen) atoms. The van der Waals surface area contributed by atoms with Gasteiger partial charge in [0.15, 0.2) is 21.3 Å². The fraction of sp³-hybridized carbons (Fsp3) is 0.333. The van der Waals surface area contributed by atoms with Gasteiger partial charge in [-0.3, -0.25) is 4.98 Å². The maximum atomic E-state index is 13.4. The van der Waals surface area contributed by atoms with Crippen molar-refractivity contribution in [2.75, 3.05) is 5.75 Å². The largest absolute Gasteiger partial charge is 0.499 e. The number of nitrogens with zero attached hydrogens (tertiary/aromatic N) is 5. The summed E-state index contributed by atoms with van der Waals surface area (Å²) in [5.41, 5.74) is 0.0842. The molecule has 0 amide bonds. The van der Waals surface area contributed by atoms with Crippen molar-refractivity contribution < 1.29 is 35.1 Å². The number of sulfone groups is 1. The number of aryl methyl sites for hydroxylation is 1. The molecule has 198 valence electrons. The van der Waals surface area contributed by atoms with Gasteiger partial charge in [0, 0.05) is 30.1 Å². The van der Waals surface area contributed by atoms with Crippen LogP contribution in [0.5, 0.6) is 5.75 Å². The van der Waals surface area contributed by atoms with Crippen molar-refractivity contribution in [1.82, 2.24) is 19.5 Å². The number of benzene rings is 1. The molecule has 1 saturated carbocycles. The predicted octanol–water partition coefficient (Wildman–Crippen LogP) is 5.07. The van der Waals surface area contributed by atoms with Crippen LogP contribution in [0.1, 0.15) is 25.3 Å². The number of halogens is 5. The molecule has 0 aliphatic heterocycles. The van der Waals surface area contributed by atoms with Gasteiger partial charge in [-0.1, -0.05) is 19.1 Å². The first-order valence-electron chi connectivity index (χ1n) is 11.3. The fourth-order valence-electron chi connectivity index (χ4n) is 4.23. The van der Waals surface area contributed by atoms with Gasteiger partial charge in [0.25, 0.3) is 0 Å². The minimum atomic E-state index is -5.94. The third-order valence-corrected chi connectivity index (χ3v) is 8.32. The van der Waals surface area contributed by atoms with Crippen molar-refractivity contribution in [2.24, 2.45) is 7.05 Å². The lowest BCUT2D eigenvalue weighted by Crippen LogP contribution is -2.41. The monoisotopic (exact) mass is 551 g/mol. The number of hydrogen-bond donors (Lipinski definition) is 0. The van der Waals surface area contributed by atoms with Gasteiger partial charge in [0.05, 0.1) is 23.4 Å². The number of rotatable bonds is 6. The van der Waals surface area contributed by atoms with Crippen molar-refractivity contribution in [3.8, 4) is 23.3 Å². The molecule has 1 aliphatic rings. The smallest absolute Gasteiger partial charge is 0.424 e. The Kier molecular flexibility index (Phi) is 5.64. The van der Waals surface area contributed by atoms with Crippen LogP contribution < -0.4 is 4.74 Å². The summed E-state index contributed by atoms with van der Waals surface area (Å²) in [5.74, 6) is -1.14. The van der Waals surface area contributed by atoms with E-state index >= 15 is 0 Å². The molecule has 14 heteroatoms. The number of ether oxygens (including phenoxy) is 1. The van der Waals surface area contributed by atoms with Gasteiger partial charge in [-0.05, 0) is 24.5 Å². The lowest BCUT2D eigenvalue weighted by Gasteiger charge is -2.19. The van der Waals surface area contributed by atoms with E-state index in [1.54, 1.807) is 18.2 Å². The molecule has 1 aromatic carbocycles. The highest BCUT2D eigenvalue weighted by Gasteiger charge is 2.61. The Balaban J connectivity index is 1.67. The van der Waals surface area contributed by atoms with E-state index in [1.165, 1.54) is 24.7 Å². The van der Waals surface area contributed by atoms with Gasteiger partial charge in [-0.25, -0.2) is 18.4 Å². The number of aromatic nitrogens is 4. The first-order valence-corrected chi connectivity index (χ1v) is 12.9. The second-order valence-corrected chi connectivity index (χ2v) is 11.2. The van der Waals surface area contributed by atoms with Crippen LogP contribution in [0.2, 0.25) is 0 Å². The summed E-state index contributed by atoms with van der Waals surface area (Å²) in [5, 5.41) is 10.4. The number of pyridine rings is 2. The predicted molar refractivity (Wildman–Crippen MR) is 125 cm³/mol. The third kappa shape index (κ3) is 4.01. The second kappa shape index (κ2) is 8.32. The van der Waals surface area contributed by atoms with Gasteiger partial charge >= 0.3 is 12.3 Å². The third-order valence-electron chi connectivity index (χ3n) is 6.52. The van der Waals surface area contributed by atoms with E-state index in [0.29, 0.717) is 29.8 Å². The molecule has 1 fully saturated rings. The minimum absolute atomic E-state index is 0.000853. The van der Waals surface area contributed by atoms with Crippen LogP contribution in [0.25, 0.3) is 33.5 Å². The van der Waals surface area contributed by atoms with Crippen LogP contribution >= 0.6 is 0 Å². The van der Waals surface area contributed by atoms with Crippen LogP contribution in [0, 0.1) is 11.3 Å². The zero-order valence-electron chi connectivity index (χ0n) is 19.8. The first-order chi connectivity index (χ1) is 17.7. The Hall–Kier alpha value is -3.86. The quantitative estimate of drug-likeness (QED) is 0.308. The van der Waals surface area contributed by atoms with Gasteiger partial charge in [-0.15, -0.1) is 0 Å². The minimum Gasteiger partial charge on any atom is -0.424 e. The molecule has 8 nitrogen and oxygen atoms in total. The summed E-state index contributed by atoms with van der Waals surface area (Å²) in [6.45, 7) is 1.46. The molecule has 0 radical (unpaired) electrons. The Labute approximate surface area is 212 Å². The lowest BCUT2D eigenvalue weighted by molar-refractivity contribution is -0.360. The normalized spacial score (nSPS) is 15.5. The Morgan fingerprint density at radius 3 is 2.45 bits per heavy atom. The molecule has 0 unspecified atom stereocenters. The summed E-state index contributed by atoms with van der Waals surface area (Å²) in [6.07, 6.45) is -7.85. The van der Waals surface area contributed by atoms with E-state index in [0.717, 1.165) is 11.6 Å². The summed E-state index contributed by atoms with van der Waals surface area (Å²) in [7, 11) is -2.42. The molecule has 0 N–H and O–H groups in total. The average molecular weight is 551 g/mol. The van der Waals surface area contributed by atoms with E-state index in [9.17, 15) is 35.6 Å². The zero-order valence-corrected chi connectivity index (χ0v) is 20.7. The van der Waals surface area contributed by atoms with E-state index in [-0.39, 0.29) is 33.3 Å². The second-order valence-electron chi connectivity index (χ2n) is 8.96. The van der Waals surface area contributed by atoms with Gasteiger partial charge in [0.2, 0.25) is 0 Å². The maximum absolute atomic E-state index is 13.4. The standard InChI is InChI=1S/C24H18F5N5O3S/c1-3-38(35,36)19-16-5-4-14(22(12-30)6-7-22)8-13(16)10-31-18(19)21-33-17-9-15(11-32-20(17)34(21)2)37-24(28,29)23(25,26)27/h4-5,8-11H,3,6-7H2,1-2H3. The molecule has 1 aliphatic carbocycles. The van der Waals surface area contributed by atoms with Crippen molar-refractivity contribution in [3.63, 3.8) is 0 Å². The highest BCUT2D eigenvalue weighted by molar-refractivity contribution is 7.91. The Morgan fingerprint density at radius 1 is 1.13 bits per heavy atom. The van der Waals surface area contributed by atoms with E-state index in [2.05, 4.69) is 25.8 Å². The van der Waals surface area contributed by atoms with Crippen molar-refractivity contribution in [2.45, 2.75) is 42.4 Å². The van der Waals surface area contributed by atoms with E-state index in [1.807, 2.05) is 0 Å². The van der Waals surface area contributed by atoms with E-state index < -0.39 is 33.3 Å². The first kappa shape index (κ1) is 25.8. The molecule has 0 saturated heterocycles. The van der Waals surface area contributed by atoms with Gasteiger partial charge < -0.3 is 9.30 Å². The molecule has 4 aromatic rings. The van der Waals surface area contributed by atoms with Crippen LogP contribution in [-0.2, 0) is 22.3 Å². The molecule has 0 atom stereocenters. The highest BCUT2D eigenvalue weighted by atomic mass is 32.2. The number of fused-ring (bicyclic) bond motifs is 2. The number of nitriles is 1. The zero-order chi connectivity index (χ0) is 27.7. The fourth-order valence-corrected chi connectivity index (χ4v) is 5.48. The van der Waals surface area contributed by atoms with Gasteiger partial charge in [-0.2, -0.15) is 27.2 Å². The molecular weight excluding hydrogens is 533 g/mol. The molecule has 3 aromatic heterocycles. The summed E-state index contributed by atoms with van der Waals surface area (Å²) < 4.78 is 96.1. The van der Waals surface area contributed by atoms with Crippen LogP contribution in [0.4, 0.5) is 22.0 Å². The highest BCUT2D eigenvalue weighted by Crippen LogP contribution is 2.48. The van der Waals surface area contributed by atoms with Crippen LogP contribution in [0.3, 0.4) is 0 Å². The SMILES string of the molecule is CCS(=O)(=O)c1c(-c2nc3cc(OC(F)(F)C(F)(F)F)cnc3n2C)ncc2cc(C3(C#N)CC3)ccc12. The van der Waals surface area contributed by atoms with Crippen LogP contribution in [-0.4, -0.2) is 46.0 Å². The molecular formula is C24H18F5N5O3S. The molecule has 3 heterocycles. The topological polar surface area (TPSA) is 111 Å². The average Bonchev–Trinajstić information content (AvgIpc) is 3.60. The summed E-state index contributed by atoms with van der Waals surface area (Å²) in [6, 6.07) is 8.20. The van der Waals surface area contributed by atoms with Crippen molar-refractivity contribution >= 4 is 31.8 Å². The number of hydrogen-bond acceptors (Lipinski definition) is 7. The van der Waals surface area contributed by atoms with Gasteiger partial charge in [0.1, 0.15) is 21.9 Å². The van der Waals surface area contributed by atoms with Crippen molar-refractivity contribution in [1.29, 1.82) is 5.26 Å².